The van der Waals surface area contributed by atoms with E-state index in [1.807, 2.05) is 11.8 Å². The highest BCUT2D eigenvalue weighted by molar-refractivity contribution is 7.99. The van der Waals surface area contributed by atoms with Crippen LogP contribution in [0.1, 0.15) is 26.7 Å². The first-order valence-electron chi connectivity index (χ1n) is 5.79. The van der Waals surface area contributed by atoms with Crippen molar-refractivity contribution in [1.82, 2.24) is 4.90 Å². The summed E-state index contributed by atoms with van der Waals surface area (Å²) in [5.74, 6) is 3.31. The zero-order valence-electron chi connectivity index (χ0n) is 9.54. The Labute approximate surface area is 92.6 Å². The van der Waals surface area contributed by atoms with Crippen LogP contribution in [-0.2, 0) is 0 Å². The minimum absolute atomic E-state index is 0.380. The highest BCUT2D eigenvalue weighted by Gasteiger charge is 2.24. The van der Waals surface area contributed by atoms with Gasteiger partial charge in [-0.2, -0.15) is 11.8 Å². The standard InChI is InChI=1S/C11H24N2S/c1-3-14-8-4-6-13-7-5-11(9-13)10(2)12/h10-11H,3-9,12H2,1-2H3. The number of nitrogens with two attached hydrogens (primary N) is 1. The van der Waals surface area contributed by atoms with Crippen LogP contribution in [0.4, 0.5) is 0 Å². The predicted molar refractivity (Wildman–Crippen MR) is 65.8 cm³/mol. The topological polar surface area (TPSA) is 29.3 Å². The highest BCUT2D eigenvalue weighted by atomic mass is 32.2. The van der Waals surface area contributed by atoms with Crippen molar-refractivity contribution < 1.29 is 0 Å². The van der Waals surface area contributed by atoms with Gasteiger partial charge in [0, 0.05) is 12.6 Å². The maximum absolute atomic E-state index is 5.91. The van der Waals surface area contributed by atoms with Crippen LogP contribution >= 0.6 is 11.8 Å². The number of hydrogen-bond acceptors (Lipinski definition) is 3. The summed E-state index contributed by atoms with van der Waals surface area (Å²) in [6, 6.07) is 0.380. The summed E-state index contributed by atoms with van der Waals surface area (Å²) in [6.07, 6.45) is 2.64. The maximum atomic E-state index is 5.91. The van der Waals surface area contributed by atoms with Crippen LogP contribution in [-0.4, -0.2) is 42.1 Å². The van der Waals surface area contributed by atoms with E-state index < -0.39 is 0 Å². The fourth-order valence-corrected chi connectivity index (χ4v) is 2.65. The van der Waals surface area contributed by atoms with E-state index >= 15 is 0 Å². The molecule has 2 N–H and O–H groups in total. The van der Waals surface area contributed by atoms with Crippen LogP contribution in [0.2, 0.25) is 0 Å². The lowest BCUT2D eigenvalue weighted by Crippen LogP contribution is -2.30. The Hall–Kier alpha value is 0.270. The largest absolute Gasteiger partial charge is 0.328 e. The zero-order valence-corrected chi connectivity index (χ0v) is 10.4. The summed E-state index contributed by atoms with van der Waals surface area (Å²) in [6.45, 7) is 8.14. The van der Waals surface area contributed by atoms with Gasteiger partial charge in [-0.15, -0.1) is 0 Å². The van der Waals surface area contributed by atoms with Crippen LogP contribution in [0.5, 0.6) is 0 Å². The Kier molecular flexibility index (Phi) is 5.90. The van der Waals surface area contributed by atoms with Crippen molar-refractivity contribution in [2.24, 2.45) is 11.7 Å². The molecule has 1 aliphatic rings. The average Bonchev–Trinajstić information content (AvgIpc) is 2.61. The molecule has 84 valence electrons. The molecular weight excluding hydrogens is 192 g/mol. The third kappa shape index (κ3) is 4.20. The molecule has 0 radical (unpaired) electrons. The van der Waals surface area contributed by atoms with Crippen LogP contribution in [0.3, 0.4) is 0 Å². The number of thioether (sulfide) groups is 1. The normalized spacial score (nSPS) is 25.5. The first-order valence-corrected chi connectivity index (χ1v) is 6.95. The highest BCUT2D eigenvalue weighted by Crippen LogP contribution is 2.18. The molecule has 3 heteroatoms. The van der Waals surface area contributed by atoms with Crippen LogP contribution in [0.25, 0.3) is 0 Å². The van der Waals surface area contributed by atoms with Crippen LogP contribution < -0.4 is 5.73 Å². The van der Waals surface area contributed by atoms with Gasteiger partial charge >= 0.3 is 0 Å². The van der Waals surface area contributed by atoms with Gasteiger partial charge in [-0.1, -0.05) is 6.92 Å². The molecule has 2 nitrogen and oxygen atoms in total. The molecule has 0 spiro atoms. The molecule has 1 rings (SSSR count). The van der Waals surface area contributed by atoms with E-state index in [1.54, 1.807) is 0 Å². The molecule has 1 heterocycles. The lowest BCUT2D eigenvalue weighted by Gasteiger charge is -2.17. The molecule has 0 saturated carbocycles. The van der Waals surface area contributed by atoms with E-state index in [2.05, 4.69) is 18.7 Å². The van der Waals surface area contributed by atoms with Gasteiger partial charge in [-0.05, 0) is 50.3 Å². The minimum atomic E-state index is 0.380. The smallest absolute Gasteiger partial charge is 0.00514 e. The van der Waals surface area contributed by atoms with Crippen molar-refractivity contribution in [2.45, 2.75) is 32.7 Å². The molecule has 0 aromatic carbocycles. The molecule has 0 bridgehead atoms. The number of hydrogen-bond donors (Lipinski definition) is 1. The Morgan fingerprint density at radius 1 is 1.57 bits per heavy atom. The molecule has 0 amide bonds. The summed E-state index contributed by atoms with van der Waals surface area (Å²) < 4.78 is 0. The predicted octanol–water partition coefficient (Wildman–Crippen LogP) is 1.80. The van der Waals surface area contributed by atoms with Gasteiger partial charge in [0.05, 0.1) is 0 Å². The van der Waals surface area contributed by atoms with Crippen molar-refractivity contribution in [2.75, 3.05) is 31.1 Å². The third-order valence-corrected chi connectivity index (χ3v) is 4.01. The molecule has 2 atom stereocenters. The van der Waals surface area contributed by atoms with Gasteiger partial charge < -0.3 is 10.6 Å². The van der Waals surface area contributed by atoms with Crippen molar-refractivity contribution >= 4 is 11.8 Å². The van der Waals surface area contributed by atoms with Crippen molar-refractivity contribution in [3.05, 3.63) is 0 Å². The van der Waals surface area contributed by atoms with Crippen molar-refractivity contribution in [3.8, 4) is 0 Å². The first-order chi connectivity index (χ1) is 6.74. The van der Waals surface area contributed by atoms with E-state index in [0.29, 0.717) is 6.04 Å². The van der Waals surface area contributed by atoms with E-state index in [-0.39, 0.29) is 0 Å². The lowest BCUT2D eigenvalue weighted by molar-refractivity contribution is 0.317. The van der Waals surface area contributed by atoms with E-state index in [0.717, 1.165) is 5.92 Å². The number of likely N-dealkylation sites (tertiary alicyclic amines) is 1. The molecule has 14 heavy (non-hydrogen) atoms. The van der Waals surface area contributed by atoms with E-state index in [1.165, 1.54) is 44.0 Å². The molecular formula is C11H24N2S. The molecule has 0 aromatic heterocycles. The summed E-state index contributed by atoms with van der Waals surface area (Å²) in [7, 11) is 0. The quantitative estimate of drug-likeness (QED) is 0.687. The Morgan fingerprint density at radius 2 is 2.36 bits per heavy atom. The lowest BCUT2D eigenvalue weighted by atomic mass is 10.0. The fourth-order valence-electron chi connectivity index (χ4n) is 2.03. The maximum Gasteiger partial charge on any atom is 0.00514 e. The second-order valence-corrected chi connectivity index (χ2v) is 5.65. The summed E-state index contributed by atoms with van der Waals surface area (Å²) >= 11 is 2.05. The van der Waals surface area contributed by atoms with Crippen molar-refractivity contribution in [3.63, 3.8) is 0 Å². The number of rotatable bonds is 6. The van der Waals surface area contributed by atoms with Gasteiger partial charge in [-0.25, -0.2) is 0 Å². The third-order valence-electron chi connectivity index (χ3n) is 3.02. The Balaban J connectivity index is 2.04. The Morgan fingerprint density at radius 3 is 2.93 bits per heavy atom. The summed E-state index contributed by atoms with van der Waals surface area (Å²) in [4.78, 5) is 2.57. The molecule has 1 fully saturated rings. The molecule has 0 aromatic rings. The first kappa shape index (κ1) is 12.3. The molecule has 0 aliphatic carbocycles. The van der Waals surface area contributed by atoms with Gasteiger partial charge in [0.2, 0.25) is 0 Å². The SMILES string of the molecule is CCSCCCN1CCC(C(C)N)C1. The zero-order chi connectivity index (χ0) is 10.4. The minimum Gasteiger partial charge on any atom is -0.328 e. The molecule has 1 aliphatic heterocycles. The molecule has 1 saturated heterocycles. The monoisotopic (exact) mass is 216 g/mol. The number of nitrogens with zero attached hydrogens (tertiary/aromatic N) is 1. The van der Waals surface area contributed by atoms with Gasteiger partial charge in [0.1, 0.15) is 0 Å². The van der Waals surface area contributed by atoms with Gasteiger partial charge in [-0.3, -0.25) is 0 Å². The van der Waals surface area contributed by atoms with Gasteiger partial charge in [0.25, 0.3) is 0 Å². The second-order valence-electron chi connectivity index (χ2n) is 4.26. The Bertz CT molecular complexity index is 150. The van der Waals surface area contributed by atoms with Crippen LogP contribution in [0, 0.1) is 5.92 Å². The summed E-state index contributed by atoms with van der Waals surface area (Å²) in [5.41, 5.74) is 5.91. The fraction of sp³-hybridized carbons (Fsp3) is 1.00. The average molecular weight is 216 g/mol. The van der Waals surface area contributed by atoms with Crippen molar-refractivity contribution in [1.29, 1.82) is 0 Å². The summed E-state index contributed by atoms with van der Waals surface area (Å²) in [5, 5.41) is 0. The van der Waals surface area contributed by atoms with E-state index in [9.17, 15) is 0 Å². The van der Waals surface area contributed by atoms with Crippen LogP contribution in [0.15, 0.2) is 0 Å². The van der Waals surface area contributed by atoms with E-state index in [4.69, 9.17) is 5.73 Å². The molecule has 2 unspecified atom stereocenters. The van der Waals surface area contributed by atoms with Gasteiger partial charge in [0.15, 0.2) is 0 Å². The second kappa shape index (κ2) is 6.70.